The minimum atomic E-state index is -0.0984. The van der Waals surface area contributed by atoms with E-state index < -0.39 is 0 Å². The highest BCUT2D eigenvalue weighted by molar-refractivity contribution is 6.31. The van der Waals surface area contributed by atoms with Gasteiger partial charge in [-0.1, -0.05) is 49.4 Å². The molecule has 3 aromatic rings. The van der Waals surface area contributed by atoms with Gasteiger partial charge in [-0.25, -0.2) is 4.98 Å². The Bertz CT molecular complexity index is 1170. The Labute approximate surface area is 195 Å². The highest BCUT2D eigenvalue weighted by Crippen LogP contribution is 2.25. The molecule has 0 fully saturated rings. The number of pyridine rings is 1. The Balaban J connectivity index is 1.82. The number of aryl methyl sites for hydroxylation is 1. The number of aromatic nitrogens is 1. The van der Waals surface area contributed by atoms with Gasteiger partial charge >= 0.3 is 0 Å². The topological polar surface area (TPSA) is 71.2 Å². The van der Waals surface area contributed by atoms with Crippen molar-refractivity contribution >= 4 is 34.1 Å². The number of carbonyl (C=O) groups excluding carboxylic acids is 1. The van der Waals surface area contributed by atoms with Gasteiger partial charge in [0, 0.05) is 46.2 Å². The molecule has 1 heterocycles. The van der Waals surface area contributed by atoms with E-state index in [0.29, 0.717) is 28.5 Å². The van der Waals surface area contributed by atoms with Gasteiger partial charge in [-0.15, -0.1) is 0 Å². The minimum absolute atomic E-state index is 0.0984. The summed E-state index contributed by atoms with van der Waals surface area (Å²) in [5.74, 6) is 6.58. The largest absolute Gasteiger partial charge is 0.383 e. The van der Waals surface area contributed by atoms with Gasteiger partial charge in [-0.2, -0.15) is 0 Å². The Kier molecular flexibility index (Phi) is 8.10. The maximum absolute atomic E-state index is 12.7. The molecule has 32 heavy (non-hydrogen) atoms. The Morgan fingerprint density at radius 2 is 1.97 bits per heavy atom. The SMILES string of the molecule is CCCN(CC)CCNC(=O)c1ccc(C)c(C#Cc2c(N)ncc3ccc(Cl)cc23)c1. The molecule has 0 spiro atoms. The van der Waals surface area contributed by atoms with Gasteiger partial charge in [0.05, 0.1) is 5.56 Å². The predicted molar refractivity (Wildman–Crippen MR) is 133 cm³/mol. The van der Waals surface area contributed by atoms with Crippen LogP contribution in [0.5, 0.6) is 0 Å². The molecule has 5 nitrogen and oxygen atoms in total. The molecular formula is C26H29ClN4O. The molecular weight excluding hydrogens is 420 g/mol. The third kappa shape index (κ3) is 5.79. The van der Waals surface area contributed by atoms with Crippen LogP contribution in [0.2, 0.25) is 5.02 Å². The molecule has 3 rings (SSSR count). The summed E-state index contributed by atoms with van der Waals surface area (Å²) in [6.07, 6.45) is 2.81. The first-order valence-corrected chi connectivity index (χ1v) is 11.3. The molecule has 0 aliphatic heterocycles. The number of nitrogens with two attached hydrogens (primary N) is 1. The quantitative estimate of drug-likeness (QED) is 0.516. The monoisotopic (exact) mass is 448 g/mol. The van der Waals surface area contributed by atoms with Crippen molar-refractivity contribution in [2.75, 3.05) is 31.9 Å². The molecule has 0 saturated carbocycles. The summed E-state index contributed by atoms with van der Waals surface area (Å²) in [5, 5.41) is 5.40. The molecule has 166 valence electrons. The maximum atomic E-state index is 12.7. The van der Waals surface area contributed by atoms with Crippen molar-refractivity contribution in [1.29, 1.82) is 0 Å². The molecule has 2 aromatic carbocycles. The third-order valence-electron chi connectivity index (χ3n) is 5.41. The van der Waals surface area contributed by atoms with Crippen molar-refractivity contribution in [1.82, 2.24) is 15.2 Å². The maximum Gasteiger partial charge on any atom is 0.251 e. The molecule has 0 atom stereocenters. The number of likely N-dealkylation sites (N-methyl/N-ethyl adjacent to an activating group) is 1. The fourth-order valence-corrected chi connectivity index (χ4v) is 3.70. The van der Waals surface area contributed by atoms with E-state index in [4.69, 9.17) is 17.3 Å². The van der Waals surface area contributed by atoms with Crippen molar-refractivity contribution in [3.05, 3.63) is 69.9 Å². The average molecular weight is 449 g/mol. The van der Waals surface area contributed by atoms with Crippen molar-refractivity contribution < 1.29 is 4.79 Å². The third-order valence-corrected chi connectivity index (χ3v) is 5.64. The lowest BCUT2D eigenvalue weighted by Crippen LogP contribution is -2.35. The van der Waals surface area contributed by atoms with Gasteiger partial charge < -0.3 is 16.0 Å². The summed E-state index contributed by atoms with van der Waals surface area (Å²) in [6.45, 7) is 9.72. The van der Waals surface area contributed by atoms with Crippen LogP contribution in [0.4, 0.5) is 5.82 Å². The summed E-state index contributed by atoms with van der Waals surface area (Å²) < 4.78 is 0. The summed E-state index contributed by atoms with van der Waals surface area (Å²) in [4.78, 5) is 19.2. The van der Waals surface area contributed by atoms with Crippen molar-refractivity contribution in [2.45, 2.75) is 27.2 Å². The molecule has 0 aliphatic rings. The number of nitrogen functional groups attached to an aromatic ring is 1. The lowest BCUT2D eigenvalue weighted by molar-refractivity contribution is 0.0948. The van der Waals surface area contributed by atoms with Crippen LogP contribution < -0.4 is 11.1 Å². The number of hydrogen-bond donors (Lipinski definition) is 2. The van der Waals surface area contributed by atoms with Crippen LogP contribution in [0, 0.1) is 18.8 Å². The van der Waals surface area contributed by atoms with E-state index in [0.717, 1.165) is 48.0 Å². The Morgan fingerprint density at radius 1 is 1.16 bits per heavy atom. The van der Waals surface area contributed by atoms with Crippen LogP contribution in [-0.2, 0) is 0 Å². The summed E-state index contributed by atoms with van der Waals surface area (Å²) >= 11 is 6.17. The van der Waals surface area contributed by atoms with Crippen LogP contribution in [0.3, 0.4) is 0 Å². The van der Waals surface area contributed by atoms with Crippen molar-refractivity contribution in [3.63, 3.8) is 0 Å². The fourth-order valence-electron chi connectivity index (χ4n) is 3.53. The number of nitrogens with zero attached hydrogens (tertiary/aromatic N) is 2. The molecule has 0 radical (unpaired) electrons. The number of rotatable bonds is 7. The van der Waals surface area contributed by atoms with Crippen LogP contribution >= 0.6 is 11.6 Å². The number of hydrogen-bond acceptors (Lipinski definition) is 4. The van der Waals surface area contributed by atoms with E-state index >= 15 is 0 Å². The Hall–Kier alpha value is -3.07. The van der Waals surface area contributed by atoms with E-state index in [2.05, 4.69) is 40.9 Å². The van der Waals surface area contributed by atoms with Crippen LogP contribution in [0.25, 0.3) is 10.8 Å². The standard InChI is InChI=1S/C26H29ClN4O/c1-4-13-31(5-2)14-12-29-26(32)20-7-6-18(3)19(15-20)9-11-23-24-16-22(27)10-8-21(24)17-30-25(23)28/h6-8,10,15-17H,4-5,12-14H2,1-3H3,(H2,28,30)(H,29,32). The first-order chi connectivity index (χ1) is 15.4. The highest BCUT2D eigenvalue weighted by Gasteiger charge is 2.09. The molecule has 6 heteroatoms. The van der Waals surface area contributed by atoms with Crippen LogP contribution in [-0.4, -0.2) is 42.0 Å². The van der Waals surface area contributed by atoms with Gasteiger partial charge in [-0.05, 0) is 56.3 Å². The Morgan fingerprint density at radius 3 is 2.72 bits per heavy atom. The second-order valence-electron chi connectivity index (χ2n) is 7.72. The van der Waals surface area contributed by atoms with Gasteiger partial charge in [-0.3, -0.25) is 4.79 Å². The highest BCUT2D eigenvalue weighted by atomic mass is 35.5. The molecule has 0 unspecified atom stereocenters. The number of carbonyl (C=O) groups is 1. The van der Waals surface area contributed by atoms with E-state index in [1.807, 2.05) is 43.3 Å². The molecule has 0 aliphatic carbocycles. The second kappa shape index (κ2) is 11.0. The molecule has 1 amide bonds. The van der Waals surface area contributed by atoms with E-state index in [1.54, 1.807) is 6.20 Å². The van der Waals surface area contributed by atoms with Gasteiger partial charge in [0.1, 0.15) is 5.82 Å². The number of benzene rings is 2. The zero-order valence-electron chi connectivity index (χ0n) is 18.8. The summed E-state index contributed by atoms with van der Waals surface area (Å²) in [7, 11) is 0. The zero-order valence-corrected chi connectivity index (χ0v) is 19.6. The number of fused-ring (bicyclic) bond motifs is 1. The molecule has 3 N–H and O–H groups in total. The smallest absolute Gasteiger partial charge is 0.251 e. The van der Waals surface area contributed by atoms with Crippen LogP contribution in [0.15, 0.2) is 42.6 Å². The number of halogens is 1. The lowest BCUT2D eigenvalue weighted by Gasteiger charge is -2.19. The lowest BCUT2D eigenvalue weighted by atomic mass is 10.0. The molecule has 1 aromatic heterocycles. The summed E-state index contributed by atoms with van der Waals surface area (Å²) in [5.41, 5.74) is 9.09. The normalized spacial score (nSPS) is 10.8. The van der Waals surface area contributed by atoms with E-state index in [9.17, 15) is 4.79 Å². The second-order valence-corrected chi connectivity index (χ2v) is 8.16. The number of nitrogens with one attached hydrogen (secondary N) is 1. The van der Waals surface area contributed by atoms with Crippen molar-refractivity contribution in [2.24, 2.45) is 0 Å². The predicted octanol–water partition coefficient (Wildman–Crippen LogP) is 4.64. The minimum Gasteiger partial charge on any atom is -0.383 e. The van der Waals surface area contributed by atoms with Crippen molar-refractivity contribution in [3.8, 4) is 11.8 Å². The molecule has 0 saturated heterocycles. The first kappa shape index (κ1) is 23.6. The average Bonchev–Trinajstić information content (AvgIpc) is 2.78. The zero-order chi connectivity index (χ0) is 23.1. The van der Waals surface area contributed by atoms with E-state index in [1.165, 1.54) is 0 Å². The molecule has 0 bridgehead atoms. The number of amides is 1. The van der Waals surface area contributed by atoms with E-state index in [-0.39, 0.29) is 5.91 Å². The fraction of sp³-hybridized carbons (Fsp3) is 0.308. The number of anilines is 1. The van der Waals surface area contributed by atoms with Gasteiger partial charge in [0.25, 0.3) is 5.91 Å². The first-order valence-electron chi connectivity index (χ1n) is 10.9. The van der Waals surface area contributed by atoms with Gasteiger partial charge in [0.2, 0.25) is 0 Å². The van der Waals surface area contributed by atoms with Crippen LogP contribution in [0.1, 0.15) is 47.3 Å². The van der Waals surface area contributed by atoms with Gasteiger partial charge in [0.15, 0.2) is 0 Å². The summed E-state index contributed by atoms with van der Waals surface area (Å²) in [6, 6.07) is 11.1.